The molecule has 1 aromatic rings. The van der Waals surface area contributed by atoms with Crippen LogP contribution in [0, 0.1) is 0 Å². The number of hydrogen-bond donors (Lipinski definition) is 1. The second-order valence-corrected chi connectivity index (χ2v) is 6.06. The molecule has 1 N–H and O–H groups in total. The monoisotopic (exact) mass is 501 g/mol. The van der Waals surface area contributed by atoms with Crippen LogP contribution in [-0.4, -0.2) is 56.6 Å². The number of alkyl halides is 3. The maximum Gasteiger partial charge on any atom is 0.573 e. The van der Waals surface area contributed by atoms with Crippen LogP contribution in [0.2, 0.25) is 0 Å². The van der Waals surface area contributed by atoms with Crippen molar-refractivity contribution < 1.29 is 22.6 Å². The van der Waals surface area contributed by atoms with Gasteiger partial charge in [-0.15, -0.1) is 37.1 Å². The number of likely N-dealkylation sites (tertiary alicyclic amines) is 1. The highest BCUT2D eigenvalue weighted by molar-refractivity contribution is 14.0. The Balaban J connectivity index is 0.00000364. The second-order valence-electron chi connectivity index (χ2n) is 6.06. The quantitative estimate of drug-likeness (QED) is 0.366. The fourth-order valence-corrected chi connectivity index (χ4v) is 2.98. The van der Waals surface area contributed by atoms with Gasteiger partial charge in [0.25, 0.3) is 0 Å². The number of nitrogens with zero attached hydrogens (tertiary/aromatic N) is 2. The molecule has 1 aliphatic rings. The first-order valence-corrected chi connectivity index (χ1v) is 8.83. The van der Waals surface area contributed by atoms with E-state index < -0.39 is 6.36 Å². The van der Waals surface area contributed by atoms with Crippen LogP contribution in [0.5, 0.6) is 5.75 Å². The minimum Gasteiger partial charge on any atom is -0.406 e. The third-order valence-corrected chi connectivity index (χ3v) is 4.21. The fourth-order valence-electron chi connectivity index (χ4n) is 2.98. The van der Waals surface area contributed by atoms with Gasteiger partial charge in [-0.1, -0.05) is 12.1 Å². The van der Waals surface area contributed by atoms with Crippen molar-refractivity contribution in [3.63, 3.8) is 0 Å². The van der Waals surface area contributed by atoms with E-state index in [1.165, 1.54) is 12.1 Å². The van der Waals surface area contributed by atoms with Gasteiger partial charge in [-0.3, -0.25) is 4.99 Å². The van der Waals surface area contributed by atoms with E-state index in [4.69, 9.17) is 4.74 Å². The van der Waals surface area contributed by atoms with Crippen molar-refractivity contribution >= 4 is 29.9 Å². The van der Waals surface area contributed by atoms with Crippen molar-refractivity contribution in [2.45, 2.75) is 38.7 Å². The summed E-state index contributed by atoms with van der Waals surface area (Å²) in [4.78, 5) is 6.52. The Morgan fingerprint density at radius 2 is 1.85 bits per heavy atom. The molecule has 0 unspecified atom stereocenters. The van der Waals surface area contributed by atoms with E-state index in [9.17, 15) is 13.2 Å². The van der Waals surface area contributed by atoms with Crippen molar-refractivity contribution in [1.29, 1.82) is 0 Å². The zero-order chi connectivity index (χ0) is 19.0. The van der Waals surface area contributed by atoms with Crippen LogP contribution in [0.25, 0.3) is 0 Å². The van der Waals surface area contributed by atoms with Crippen LogP contribution in [-0.2, 0) is 11.2 Å². The number of aliphatic imine (C=N–C) groups is 1. The van der Waals surface area contributed by atoms with E-state index in [1.807, 2.05) is 6.92 Å². The molecule has 5 nitrogen and oxygen atoms in total. The van der Waals surface area contributed by atoms with Gasteiger partial charge in [-0.2, -0.15) is 0 Å². The van der Waals surface area contributed by atoms with E-state index in [0.717, 1.165) is 44.1 Å². The molecule has 0 aromatic heterocycles. The van der Waals surface area contributed by atoms with Crippen LogP contribution < -0.4 is 10.1 Å². The third-order valence-electron chi connectivity index (χ3n) is 4.21. The maximum absolute atomic E-state index is 12.2. The highest BCUT2D eigenvalue weighted by atomic mass is 127. The summed E-state index contributed by atoms with van der Waals surface area (Å²) in [6.07, 6.45) is -1.69. The molecule has 0 atom stereocenters. The van der Waals surface area contributed by atoms with Gasteiger partial charge in [0.05, 0.1) is 6.10 Å². The Kier molecular flexibility index (Phi) is 10.2. The summed E-state index contributed by atoms with van der Waals surface area (Å²) in [5, 5.41) is 3.31. The SMILES string of the molecule is CCOC1CCN(C(=NC)NCCc2ccc(OC(F)(F)F)cc2)CC1.I. The fraction of sp³-hybridized carbons (Fsp3) is 0.611. The summed E-state index contributed by atoms with van der Waals surface area (Å²) in [5.74, 6) is 0.638. The first kappa shape index (κ1) is 23.8. The Morgan fingerprint density at radius 3 is 2.37 bits per heavy atom. The van der Waals surface area contributed by atoms with E-state index in [-0.39, 0.29) is 29.7 Å². The number of hydrogen-bond acceptors (Lipinski definition) is 3. The van der Waals surface area contributed by atoms with Crippen molar-refractivity contribution in [2.75, 3.05) is 33.3 Å². The first-order valence-electron chi connectivity index (χ1n) is 8.83. The second kappa shape index (κ2) is 11.6. The summed E-state index contributed by atoms with van der Waals surface area (Å²) in [5.41, 5.74) is 0.928. The lowest BCUT2D eigenvalue weighted by Crippen LogP contribution is -2.47. The molecule has 1 aliphatic heterocycles. The predicted molar refractivity (Wildman–Crippen MR) is 110 cm³/mol. The molecule has 0 amide bonds. The zero-order valence-corrected chi connectivity index (χ0v) is 17.9. The van der Waals surface area contributed by atoms with Gasteiger partial charge in [0.1, 0.15) is 5.75 Å². The predicted octanol–water partition coefficient (Wildman–Crippen LogP) is 3.82. The van der Waals surface area contributed by atoms with Crippen molar-refractivity contribution in [3.05, 3.63) is 29.8 Å². The van der Waals surface area contributed by atoms with Crippen LogP contribution in [0.1, 0.15) is 25.3 Å². The molecular weight excluding hydrogens is 474 g/mol. The van der Waals surface area contributed by atoms with Gasteiger partial charge >= 0.3 is 6.36 Å². The van der Waals surface area contributed by atoms with Gasteiger partial charge in [-0.25, -0.2) is 0 Å². The molecule has 0 saturated carbocycles. The molecule has 0 spiro atoms. The van der Waals surface area contributed by atoms with Crippen LogP contribution >= 0.6 is 24.0 Å². The Hall–Kier alpha value is -1.23. The van der Waals surface area contributed by atoms with Crippen LogP contribution in [0.4, 0.5) is 13.2 Å². The molecule has 1 heterocycles. The number of benzene rings is 1. The lowest BCUT2D eigenvalue weighted by Gasteiger charge is -2.34. The van der Waals surface area contributed by atoms with Crippen LogP contribution in [0.15, 0.2) is 29.3 Å². The number of piperidine rings is 1. The molecule has 2 rings (SSSR count). The molecular formula is C18H27F3IN3O2. The van der Waals surface area contributed by atoms with Crippen molar-refractivity contribution in [1.82, 2.24) is 10.2 Å². The summed E-state index contributed by atoms with van der Waals surface area (Å²) in [7, 11) is 1.75. The maximum atomic E-state index is 12.2. The summed E-state index contributed by atoms with van der Waals surface area (Å²) < 4.78 is 46.0. The molecule has 0 aliphatic carbocycles. The Morgan fingerprint density at radius 1 is 1.22 bits per heavy atom. The normalized spacial score (nSPS) is 16.0. The van der Waals surface area contributed by atoms with Gasteiger partial charge in [0, 0.05) is 33.3 Å². The minimum atomic E-state index is -4.66. The summed E-state index contributed by atoms with van der Waals surface area (Å²) >= 11 is 0. The lowest BCUT2D eigenvalue weighted by molar-refractivity contribution is -0.274. The largest absolute Gasteiger partial charge is 0.573 e. The van der Waals surface area contributed by atoms with E-state index in [0.29, 0.717) is 19.1 Å². The van der Waals surface area contributed by atoms with Gasteiger partial charge in [-0.05, 0) is 43.9 Å². The average molecular weight is 501 g/mol. The van der Waals surface area contributed by atoms with Crippen LogP contribution in [0.3, 0.4) is 0 Å². The topological polar surface area (TPSA) is 46.1 Å². The smallest absolute Gasteiger partial charge is 0.406 e. The summed E-state index contributed by atoms with van der Waals surface area (Å²) in [6.45, 7) is 5.19. The van der Waals surface area contributed by atoms with Gasteiger partial charge in [0.15, 0.2) is 5.96 Å². The number of ether oxygens (including phenoxy) is 2. The Bertz CT molecular complexity index is 574. The Labute approximate surface area is 175 Å². The number of guanidine groups is 1. The van der Waals surface area contributed by atoms with E-state index in [1.54, 1.807) is 19.2 Å². The molecule has 0 radical (unpaired) electrons. The molecule has 1 saturated heterocycles. The molecule has 9 heteroatoms. The molecule has 1 fully saturated rings. The summed E-state index contributed by atoms with van der Waals surface area (Å²) in [6, 6.07) is 5.94. The standard InChI is InChI=1S/C18H26F3N3O2.HI/c1-3-25-15-9-12-24(13-10-15)17(22-2)23-11-8-14-4-6-16(7-5-14)26-18(19,20)21;/h4-7,15H,3,8-13H2,1-2H3,(H,22,23);1H. The lowest BCUT2D eigenvalue weighted by atomic mass is 10.1. The molecule has 1 aromatic carbocycles. The number of rotatable bonds is 6. The first-order chi connectivity index (χ1) is 12.4. The molecule has 154 valence electrons. The number of halogens is 4. The highest BCUT2D eigenvalue weighted by Gasteiger charge is 2.30. The highest BCUT2D eigenvalue weighted by Crippen LogP contribution is 2.22. The van der Waals surface area contributed by atoms with Gasteiger partial charge < -0.3 is 19.7 Å². The average Bonchev–Trinajstić information content (AvgIpc) is 2.60. The van der Waals surface area contributed by atoms with Crippen molar-refractivity contribution in [3.8, 4) is 5.75 Å². The molecule has 27 heavy (non-hydrogen) atoms. The van der Waals surface area contributed by atoms with Gasteiger partial charge in [0.2, 0.25) is 0 Å². The van der Waals surface area contributed by atoms with Crippen molar-refractivity contribution in [2.24, 2.45) is 4.99 Å². The van der Waals surface area contributed by atoms with E-state index in [2.05, 4.69) is 19.9 Å². The third kappa shape index (κ3) is 8.54. The zero-order valence-electron chi connectivity index (χ0n) is 15.6. The minimum absolute atomic E-state index is 0. The van der Waals surface area contributed by atoms with E-state index >= 15 is 0 Å². The molecule has 0 bridgehead atoms. The number of nitrogens with one attached hydrogen (secondary N) is 1.